The lowest BCUT2D eigenvalue weighted by Crippen LogP contribution is -2.23. The molecule has 11 heteroatoms. The van der Waals surface area contributed by atoms with E-state index in [-0.39, 0.29) is 18.1 Å². The quantitative estimate of drug-likeness (QED) is 0.235. The Balaban J connectivity index is 1.32. The van der Waals surface area contributed by atoms with Gasteiger partial charge in [-0.05, 0) is 62.0 Å². The number of carbonyl (C=O) groups excluding carboxylic acids is 1. The van der Waals surface area contributed by atoms with Crippen LogP contribution in [0.4, 0.5) is 13.2 Å². The number of alkyl halides is 3. The molecule has 0 bridgehead atoms. The Morgan fingerprint density at radius 3 is 2.40 bits per heavy atom. The average Bonchev–Trinajstić information content (AvgIpc) is 3.26. The van der Waals surface area contributed by atoms with E-state index in [0.29, 0.717) is 31.9 Å². The molecule has 0 fully saturated rings. The van der Waals surface area contributed by atoms with Gasteiger partial charge in [0.2, 0.25) is 5.91 Å². The summed E-state index contributed by atoms with van der Waals surface area (Å²) >= 11 is 0. The van der Waals surface area contributed by atoms with E-state index < -0.39 is 6.36 Å². The lowest BCUT2D eigenvalue weighted by molar-refractivity contribution is -0.274. The number of benzene rings is 2. The van der Waals surface area contributed by atoms with Crippen molar-refractivity contribution in [2.24, 2.45) is 0 Å². The molecule has 0 radical (unpaired) electrons. The molecule has 1 N–H and O–H groups in total. The van der Waals surface area contributed by atoms with Crippen molar-refractivity contribution in [3.05, 3.63) is 83.9 Å². The minimum Gasteiger partial charge on any atom is -0.494 e. The molecule has 8 nitrogen and oxygen atoms in total. The number of aromatic nitrogens is 3. The van der Waals surface area contributed by atoms with E-state index in [1.165, 1.54) is 12.1 Å². The molecule has 0 aliphatic heterocycles. The highest BCUT2D eigenvalue weighted by Crippen LogP contribution is 2.24. The van der Waals surface area contributed by atoms with Crippen molar-refractivity contribution >= 4 is 16.9 Å². The summed E-state index contributed by atoms with van der Waals surface area (Å²) in [6.45, 7) is 2.36. The van der Waals surface area contributed by atoms with Gasteiger partial charge in [-0.3, -0.25) is 9.78 Å². The van der Waals surface area contributed by atoms with Crippen LogP contribution in [0.1, 0.15) is 29.8 Å². The fourth-order valence-electron chi connectivity index (χ4n) is 4.15. The number of pyridine rings is 1. The van der Waals surface area contributed by atoms with Crippen molar-refractivity contribution < 1.29 is 27.4 Å². The van der Waals surface area contributed by atoms with E-state index in [9.17, 15) is 18.0 Å². The second kappa shape index (κ2) is 13.3. The monoisotopic (exact) mass is 555 g/mol. The van der Waals surface area contributed by atoms with Crippen LogP contribution in [-0.2, 0) is 24.3 Å². The Labute approximate surface area is 230 Å². The number of fused-ring (bicyclic) bond motifs is 1. The van der Waals surface area contributed by atoms with Gasteiger partial charge in [0, 0.05) is 38.7 Å². The van der Waals surface area contributed by atoms with E-state index in [2.05, 4.69) is 24.9 Å². The van der Waals surface area contributed by atoms with Gasteiger partial charge in [0.05, 0.1) is 23.8 Å². The summed E-state index contributed by atoms with van der Waals surface area (Å²) < 4.78 is 49.1. The Bertz CT molecular complexity index is 1390. The van der Waals surface area contributed by atoms with Crippen LogP contribution >= 0.6 is 0 Å². The number of hydrogen-bond acceptors (Lipinski definition) is 6. The fourth-order valence-corrected chi connectivity index (χ4v) is 4.15. The van der Waals surface area contributed by atoms with Crippen LogP contribution < -0.4 is 14.8 Å². The molecular weight excluding hydrogens is 523 g/mol. The van der Waals surface area contributed by atoms with Crippen LogP contribution in [0.25, 0.3) is 11.0 Å². The number of carbonyl (C=O) groups is 1. The molecule has 0 aliphatic carbocycles. The largest absolute Gasteiger partial charge is 0.573 e. The first kappa shape index (κ1) is 28.9. The highest BCUT2D eigenvalue weighted by Gasteiger charge is 2.31. The minimum atomic E-state index is -4.75. The average molecular weight is 556 g/mol. The molecule has 1 amide bonds. The molecule has 2 heterocycles. The zero-order chi connectivity index (χ0) is 28.5. The normalized spacial score (nSPS) is 11.7. The van der Waals surface area contributed by atoms with E-state index in [0.717, 1.165) is 40.9 Å². The predicted molar refractivity (Wildman–Crippen MR) is 145 cm³/mol. The molecule has 0 saturated carbocycles. The lowest BCUT2D eigenvalue weighted by Gasteiger charge is -2.12. The van der Waals surface area contributed by atoms with Crippen molar-refractivity contribution in [1.82, 2.24) is 24.8 Å². The fraction of sp³-hybridized carbons (Fsp3) is 0.345. The molecule has 4 aromatic rings. The molecular formula is C29H32F3N5O3. The number of ether oxygens (including phenoxy) is 2. The van der Waals surface area contributed by atoms with Crippen LogP contribution in [0.15, 0.2) is 67.0 Å². The van der Waals surface area contributed by atoms with Crippen LogP contribution in [0.2, 0.25) is 0 Å². The van der Waals surface area contributed by atoms with Gasteiger partial charge >= 0.3 is 6.36 Å². The number of nitrogens with zero attached hydrogens (tertiary/aromatic N) is 4. The van der Waals surface area contributed by atoms with Gasteiger partial charge in [0.15, 0.2) is 0 Å². The first-order chi connectivity index (χ1) is 19.2. The summed E-state index contributed by atoms with van der Waals surface area (Å²) in [5.74, 6) is 1.08. The Morgan fingerprint density at radius 2 is 1.70 bits per heavy atom. The van der Waals surface area contributed by atoms with E-state index in [1.54, 1.807) is 30.6 Å². The van der Waals surface area contributed by atoms with Crippen molar-refractivity contribution in [3.8, 4) is 11.5 Å². The Kier molecular flexibility index (Phi) is 9.60. The summed E-state index contributed by atoms with van der Waals surface area (Å²) in [7, 11) is 4.05. The third-order valence-corrected chi connectivity index (χ3v) is 6.13. The maximum Gasteiger partial charge on any atom is 0.573 e. The number of amides is 1. The standard InChI is InChI=1S/C29H32F3N5O3/c1-36(2)16-3-17-39-23-8-4-21(5-9-23)18-34-28(38)13-12-27-35-25-14-15-33-19-26(25)37(27)20-22-6-10-24(11-7-22)40-29(30,31)32/h4-11,14-15,19H,3,12-13,16-18,20H2,1-2H3,(H,34,38). The highest BCUT2D eigenvalue weighted by molar-refractivity contribution is 5.77. The third kappa shape index (κ3) is 8.70. The first-order valence-corrected chi connectivity index (χ1v) is 12.9. The van der Waals surface area contributed by atoms with Crippen molar-refractivity contribution in [2.45, 2.75) is 38.7 Å². The molecule has 0 aliphatic rings. The summed E-state index contributed by atoms with van der Waals surface area (Å²) in [6.07, 6.45) is 0.128. The topological polar surface area (TPSA) is 81.5 Å². The second-order valence-corrected chi connectivity index (χ2v) is 9.60. The van der Waals surface area contributed by atoms with E-state index in [4.69, 9.17) is 4.74 Å². The van der Waals surface area contributed by atoms with Crippen molar-refractivity contribution in [2.75, 3.05) is 27.2 Å². The van der Waals surface area contributed by atoms with Crippen LogP contribution in [0.3, 0.4) is 0 Å². The maximum atomic E-state index is 12.6. The van der Waals surface area contributed by atoms with E-state index in [1.807, 2.05) is 42.9 Å². The number of halogens is 3. The molecule has 0 saturated heterocycles. The summed E-state index contributed by atoms with van der Waals surface area (Å²) in [4.78, 5) is 23.6. The molecule has 4 rings (SSSR count). The first-order valence-electron chi connectivity index (χ1n) is 12.9. The van der Waals surface area contributed by atoms with Gasteiger partial charge < -0.3 is 24.3 Å². The molecule has 0 atom stereocenters. The third-order valence-electron chi connectivity index (χ3n) is 6.13. The van der Waals surface area contributed by atoms with Gasteiger partial charge in [-0.15, -0.1) is 13.2 Å². The molecule has 212 valence electrons. The zero-order valence-corrected chi connectivity index (χ0v) is 22.4. The Morgan fingerprint density at radius 1 is 1.00 bits per heavy atom. The summed E-state index contributed by atoms with van der Waals surface area (Å²) in [5, 5.41) is 2.94. The van der Waals surface area contributed by atoms with Gasteiger partial charge in [-0.25, -0.2) is 4.98 Å². The van der Waals surface area contributed by atoms with Crippen LogP contribution in [-0.4, -0.2) is 59.0 Å². The van der Waals surface area contributed by atoms with Crippen molar-refractivity contribution in [1.29, 1.82) is 0 Å². The summed E-state index contributed by atoms with van der Waals surface area (Å²) in [5.41, 5.74) is 3.22. The zero-order valence-electron chi connectivity index (χ0n) is 22.4. The van der Waals surface area contributed by atoms with Crippen molar-refractivity contribution in [3.63, 3.8) is 0 Å². The molecule has 40 heavy (non-hydrogen) atoms. The molecule has 2 aromatic carbocycles. The molecule has 2 aromatic heterocycles. The van der Waals surface area contributed by atoms with E-state index >= 15 is 0 Å². The maximum absolute atomic E-state index is 12.6. The second-order valence-electron chi connectivity index (χ2n) is 9.60. The van der Waals surface area contributed by atoms with Gasteiger partial charge in [0.1, 0.15) is 17.3 Å². The van der Waals surface area contributed by atoms with Gasteiger partial charge in [-0.1, -0.05) is 24.3 Å². The van der Waals surface area contributed by atoms with Crippen LogP contribution in [0, 0.1) is 0 Å². The smallest absolute Gasteiger partial charge is 0.494 e. The highest BCUT2D eigenvalue weighted by atomic mass is 19.4. The minimum absolute atomic E-state index is 0.116. The number of imidazole rings is 1. The summed E-state index contributed by atoms with van der Waals surface area (Å²) in [6, 6.07) is 15.1. The lowest BCUT2D eigenvalue weighted by atomic mass is 10.2. The SMILES string of the molecule is CN(C)CCCOc1ccc(CNC(=O)CCc2nc3ccncc3n2Cc2ccc(OC(F)(F)F)cc2)cc1. The number of aryl methyl sites for hydroxylation is 1. The van der Waals surface area contributed by atoms with Gasteiger partial charge in [0.25, 0.3) is 0 Å². The molecule has 0 unspecified atom stereocenters. The number of rotatable bonds is 13. The number of nitrogens with one attached hydrogen (secondary N) is 1. The Hall–Kier alpha value is -4.12. The van der Waals surface area contributed by atoms with Crippen LogP contribution in [0.5, 0.6) is 11.5 Å². The predicted octanol–water partition coefficient (Wildman–Crippen LogP) is 4.96. The van der Waals surface area contributed by atoms with Gasteiger partial charge in [-0.2, -0.15) is 0 Å². The molecule has 0 spiro atoms. The number of hydrogen-bond donors (Lipinski definition) is 1.